The molecular formula is C17H23BrN6. The molecule has 0 amide bonds. The van der Waals surface area contributed by atoms with Crippen molar-refractivity contribution in [2.75, 3.05) is 37.4 Å². The van der Waals surface area contributed by atoms with E-state index in [1.807, 2.05) is 37.3 Å². The van der Waals surface area contributed by atoms with Crippen LogP contribution in [0.2, 0.25) is 0 Å². The number of rotatable bonds is 5. The Morgan fingerprint density at radius 1 is 1.29 bits per heavy atom. The molecule has 128 valence electrons. The summed E-state index contributed by atoms with van der Waals surface area (Å²) in [5.41, 5.74) is 1.10. The van der Waals surface area contributed by atoms with Crippen molar-refractivity contribution >= 4 is 27.7 Å². The second-order valence-corrected chi connectivity index (χ2v) is 7.23. The number of nitrogens with zero attached hydrogens (tertiary/aromatic N) is 5. The summed E-state index contributed by atoms with van der Waals surface area (Å²) in [6.07, 6.45) is 5.97. The highest BCUT2D eigenvalue weighted by molar-refractivity contribution is 9.10. The molecule has 7 heteroatoms. The standard InChI is InChI=1S/C17H23BrN6/c1-23(2)16-7-8-19-17(22-16)21-15-4-3-9-24(12-15)11-14-6-5-13(18)10-20-14/h5-8,10,15H,3-4,9,11-12H2,1-2H3,(H,19,21,22). The molecule has 1 aliphatic rings. The number of halogens is 1. The smallest absolute Gasteiger partial charge is 0.224 e. The van der Waals surface area contributed by atoms with Gasteiger partial charge in [-0.25, -0.2) is 4.98 Å². The SMILES string of the molecule is CN(C)c1ccnc(NC2CCCN(Cc3ccc(Br)cn3)C2)n1. The van der Waals surface area contributed by atoms with E-state index in [1.54, 1.807) is 6.20 Å². The van der Waals surface area contributed by atoms with Crippen molar-refractivity contribution in [3.63, 3.8) is 0 Å². The Labute approximate surface area is 151 Å². The predicted molar refractivity (Wildman–Crippen MR) is 100 cm³/mol. The Morgan fingerprint density at radius 2 is 2.17 bits per heavy atom. The lowest BCUT2D eigenvalue weighted by Crippen LogP contribution is -2.42. The molecule has 0 spiro atoms. The molecule has 0 bridgehead atoms. The Balaban J connectivity index is 1.59. The molecule has 1 fully saturated rings. The van der Waals surface area contributed by atoms with Gasteiger partial charge in [-0.05, 0) is 53.5 Å². The summed E-state index contributed by atoms with van der Waals surface area (Å²) >= 11 is 3.43. The third-order valence-electron chi connectivity index (χ3n) is 4.11. The van der Waals surface area contributed by atoms with Crippen molar-refractivity contribution in [3.8, 4) is 0 Å². The zero-order valence-electron chi connectivity index (χ0n) is 14.1. The number of aromatic nitrogens is 3. The maximum atomic E-state index is 4.55. The van der Waals surface area contributed by atoms with E-state index in [0.717, 1.165) is 42.0 Å². The number of pyridine rings is 1. The van der Waals surface area contributed by atoms with Gasteiger partial charge in [-0.2, -0.15) is 4.98 Å². The van der Waals surface area contributed by atoms with Crippen LogP contribution in [0, 0.1) is 0 Å². The Morgan fingerprint density at radius 3 is 2.92 bits per heavy atom. The van der Waals surface area contributed by atoms with Gasteiger partial charge in [0.05, 0.1) is 5.69 Å². The van der Waals surface area contributed by atoms with E-state index in [-0.39, 0.29) is 0 Å². The summed E-state index contributed by atoms with van der Waals surface area (Å²) < 4.78 is 1.02. The Kier molecular flexibility index (Phi) is 5.63. The fourth-order valence-corrected chi connectivity index (χ4v) is 3.13. The van der Waals surface area contributed by atoms with Crippen LogP contribution in [0.3, 0.4) is 0 Å². The summed E-state index contributed by atoms with van der Waals surface area (Å²) in [6, 6.07) is 6.40. The number of nitrogens with one attached hydrogen (secondary N) is 1. The molecule has 2 aromatic rings. The van der Waals surface area contributed by atoms with Gasteiger partial charge in [-0.3, -0.25) is 9.88 Å². The van der Waals surface area contributed by atoms with Crippen LogP contribution in [-0.4, -0.2) is 53.1 Å². The van der Waals surface area contributed by atoms with E-state index >= 15 is 0 Å². The molecule has 0 aromatic carbocycles. The highest BCUT2D eigenvalue weighted by atomic mass is 79.9. The largest absolute Gasteiger partial charge is 0.363 e. The second kappa shape index (κ2) is 7.90. The second-order valence-electron chi connectivity index (χ2n) is 6.32. The molecule has 2 aromatic heterocycles. The molecule has 24 heavy (non-hydrogen) atoms. The van der Waals surface area contributed by atoms with Crippen molar-refractivity contribution in [3.05, 3.63) is 40.8 Å². The van der Waals surface area contributed by atoms with Crippen molar-refractivity contribution in [1.29, 1.82) is 0 Å². The summed E-state index contributed by atoms with van der Waals surface area (Å²) in [5.74, 6) is 1.62. The van der Waals surface area contributed by atoms with Crippen LogP contribution in [0.1, 0.15) is 18.5 Å². The maximum absolute atomic E-state index is 4.55. The minimum absolute atomic E-state index is 0.367. The molecule has 1 aliphatic heterocycles. The highest BCUT2D eigenvalue weighted by Crippen LogP contribution is 2.17. The lowest BCUT2D eigenvalue weighted by atomic mass is 10.1. The molecule has 0 radical (unpaired) electrons. The lowest BCUT2D eigenvalue weighted by Gasteiger charge is -2.33. The molecule has 1 saturated heterocycles. The van der Waals surface area contributed by atoms with Gasteiger partial charge in [0, 0.05) is 50.1 Å². The third-order valence-corrected chi connectivity index (χ3v) is 4.58. The molecule has 6 nitrogen and oxygen atoms in total. The van der Waals surface area contributed by atoms with Gasteiger partial charge >= 0.3 is 0 Å². The zero-order valence-corrected chi connectivity index (χ0v) is 15.7. The average molecular weight is 391 g/mol. The predicted octanol–water partition coefficient (Wildman–Crippen LogP) is 2.78. The van der Waals surface area contributed by atoms with E-state index in [2.05, 4.69) is 47.2 Å². The quantitative estimate of drug-likeness (QED) is 0.846. The van der Waals surface area contributed by atoms with Gasteiger partial charge in [0.1, 0.15) is 5.82 Å². The van der Waals surface area contributed by atoms with E-state index < -0.39 is 0 Å². The van der Waals surface area contributed by atoms with Crippen LogP contribution in [0.5, 0.6) is 0 Å². The van der Waals surface area contributed by atoms with E-state index in [9.17, 15) is 0 Å². The molecule has 1 atom stereocenters. The number of piperidine rings is 1. The first kappa shape index (κ1) is 17.1. The molecule has 3 heterocycles. The zero-order chi connectivity index (χ0) is 16.9. The third kappa shape index (κ3) is 4.64. The molecule has 1 unspecified atom stereocenters. The van der Waals surface area contributed by atoms with Gasteiger partial charge in [0.25, 0.3) is 0 Å². The Bertz CT molecular complexity index is 660. The highest BCUT2D eigenvalue weighted by Gasteiger charge is 2.21. The van der Waals surface area contributed by atoms with Gasteiger partial charge in [-0.15, -0.1) is 0 Å². The summed E-state index contributed by atoms with van der Waals surface area (Å²) in [6.45, 7) is 2.96. The first-order chi connectivity index (χ1) is 11.6. The lowest BCUT2D eigenvalue weighted by molar-refractivity contribution is 0.206. The normalized spacial score (nSPS) is 18.4. The van der Waals surface area contributed by atoms with E-state index in [0.29, 0.717) is 12.0 Å². The average Bonchev–Trinajstić information content (AvgIpc) is 2.57. The topological polar surface area (TPSA) is 57.2 Å². The van der Waals surface area contributed by atoms with Crippen LogP contribution in [0.4, 0.5) is 11.8 Å². The molecule has 3 rings (SSSR count). The Hall–Kier alpha value is -1.73. The summed E-state index contributed by atoms with van der Waals surface area (Å²) in [7, 11) is 3.97. The summed E-state index contributed by atoms with van der Waals surface area (Å²) in [5, 5.41) is 3.48. The van der Waals surface area contributed by atoms with Gasteiger partial charge in [-0.1, -0.05) is 0 Å². The molecule has 0 saturated carbocycles. The van der Waals surface area contributed by atoms with Crippen LogP contribution in [0.25, 0.3) is 0 Å². The van der Waals surface area contributed by atoms with Crippen molar-refractivity contribution < 1.29 is 0 Å². The van der Waals surface area contributed by atoms with Gasteiger partial charge in [0.2, 0.25) is 5.95 Å². The van der Waals surface area contributed by atoms with Crippen molar-refractivity contribution in [2.45, 2.75) is 25.4 Å². The minimum atomic E-state index is 0.367. The monoisotopic (exact) mass is 390 g/mol. The van der Waals surface area contributed by atoms with Crippen LogP contribution >= 0.6 is 15.9 Å². The number of hydrogen-bond acceptors (Lipinski definition) is 6. The van der Waals surface area contributed by atoms with E-state index in [1.165, 1.54) is 6.42 Å². The van der Waals surface area contributed by atoms with Crippen LogP contribution < -0.4 is 10.2 Å². The van der Waals surface area contributed by atoms with Crippen molar-refractivity contribution in [2.24, 2.45) is 0 Å². The first-order valence-corrected chi connectivity index (χ1v) is 8.99. The summed E-state index contributed by atoms with van der Waals surface area (Å²) in [4.78, 5) is 17.8. The minimum Gasteiger partial charge on any atom is -0.363 e. The van der Waals surface area contributed by atoms with E-state index in [4.69, 9.17) is 0 Å². The molecular weight excluding hydrogens is 368 g/mol. The first-order valence-electron chi connectivity index (χ1n) is 8.20. The van der Waals surface area contributed by atoms with Gasteiger partial charge in [0.15, 0.2) is 0 Å². The van der Waals surface area contributed by atoms with Crippen LogP contribution in [0.15, 0.2) is 35.1 Å². The number of hydrogen-bond donors (Lipinski definition) is 1. The van der Waals surface area contributed by atoms with Crippen LogP contribution in [-0.2, 0) is 6.54 Å². The fourth-order valence-electron chi connectivity index (χ4n) is 2.90. The van der Waals surface area contributed by atoms with Gasteiger partial charge < -0.3 is 10.2 Å². The molecule has 0 aliphatic carbocycles. The number of anilines is 2. The maximum Gasteiger partial charge on any atom is 0.224 e. The number of likely N-dealkylation sites (tertiary alicyclic amines) is 1. The van der Waals surface area contributed by atoms with Crippen molar-refractivity contribution in [1.82, 2.24) is 19.9 Å². The molecule has 1 N–H and O–H groups in total. The fraction of sp³-hybridized carbons (Fsp3) is 0.471.